The molecule has 1 aromatic rings. The minimum absolute atomic E-state index is 0.0591. The summed E-state index contributed by atoms with van der Waals surface area (Å²) in [5.41, 5.74) is 1.94. The lowest BCUT2D eigenvalue weighted by atomic mass is 10.2. The molecule has 1 aromatic carbocycles. The molecule has 1 saturated heterocycles. The van der Waals surface area contributed by atoms with Crippen LogP contribution in [0.5, 0.6) is 0 Å². The first-order valence-corrected chi connectivity index (χ1v) is 8.11. The highest BCUT2D eigenvalue weighted by atomic mass is 16.5. The zero-order valence-corrected chi connectivity index (χ0v) is 13.4. The predicted octanol–water partition coefficient (Wildman–Crippen LogP) is 0.913. The van der Waals surface area contributed by atoms with Gasteiger partial charge in [0, 0.05) is 24.8 Å². The van der Waals surface area contributed by atoms with Gasteiger partial charge < -0.3 is 15.4 Å². The van der Waals surface area contributed by atoms with Crippen LogP contribution in [0.2, 0.25) is 0 Å². The van der Waals surface area contributed by atoms with E-state index in [2.05, 4.69) is 10.6 Å². The van der Waals surface area contributed by atoms with Gasteiger partial charge in [-0.3, -0.25) is 14.5 Å². The van der Waals surface area contributed by atoms with Gasteiger partial charge in [-0.1, -0.05) is 17.7 Å². The molecular formula is C17H23N3O3. The van der Waals surface area contributed by atoms with Crippen LogP contribution in [-0.2, 0) is 14.3 Å². The SMILES string of the molecule is Cc1ccc(NC(=O)CN2CCOC(C(=O)NC3CC3)C2)cc1. The number of morpholine rings is 1. The number of nitrogens with one attached hydrogen (secondary N) is 2. The number of hydrogen-bond donors (Lipinski definition) is 2. The zero-order valence-electron chi connectivity index (χ0n) is 13.4. The summed E-state index contributed by atoms with van der Waals surface area (Å²) in [6.45, 7) is 3.87. The minimum Gasteiger partial charge on any atom is -0.366 e. The lowest BCUT2D eigenvalue weighted by molar-refractivity contribution is -0.140. The second-order valence-electron chi connectivity index (χ2n) is 6.29. The number of nitrogens with zero attached hydrogens (tertiary/aromatic N) is 1. The Morgan fingerprint density at radius 2 is 2.00 bits per heavy atom. The van der Waals surface area contributed by atoms with Gasteiger partial charge in [-0.05, 0) is 31.9 Å². The lowest BCUT2D eigenvalue weighted by Crippen LogP contribution is -2.51. The van der Waals surface area contributed by atoms with Gasteiger partial charge in [0.15, 0.2) is 0 Å². The fourth-order valence-electron chi connectivity index (χ4n) is 2.57. The molecule has 0 bridgehead atoms. The van der Waals surface area contributed by atoms with Crippen LogP contribution in [0.15, 0.2) is 24.3 Å². The standard InChI is InChI=1S/C17H23N3O3/c1-12-2-4-13(5-3-12)18-16(21)11-20-8-9-23-15(10-20)17(22)19-14-6-7-14/h2-5,14-15H,6-11H2,1H3,(H,18,21)(H,19,22). The molecule has 0 radical (unpaired) electrons. The summed E-state index contributed by atoms with van der Waals surface area (Å²) in [6, 6.07) is 8.02. The third-order valence-corrected chi connectivity index (χ3v) is 4.07. The van der Waals surface area contributed by atoms with Crippen molar-refractivity contribution in [1.29, 1.82) is 0 Å². The maximum Gasteiger partial charge on any atom is 0.250 e. The molecule has 2 N–H and O–H groups in total. The molecule has 1 aliphatic heterocycles. The summed E-state index contributed by atoms with van der Waals surface area (Å²) in [6.07, 6.45) is 1.64. The molecule has 1 unspecified atom stereocenters. The topological polar surface area (TPSA) is 70.7 Å². The number of ether oxygens (including phenoxy) is 1. The molecular weight excluding hydrogens is 294 g/mol. The summed E-state index contributed by atoms with van der Waals surface area (Å²) in [4.78, 5) is 26.1. The van der Waals surface area contributed by atoms with Gasteiger partial charge in [0.2, 0.25) is 5.91 Å². The largest absolute Gasteiger partial charge is 0.366 e. The summed E-state index contributed by atoms with van der Waals surface area (Å²) in [5, 5.41) is 5.83. The van der Waals surface area contributed by atoms with Crippen LogP contribution in [0.1, 0.15) is 18.4 Å². The molecule has 0 aromatic heterocycles. The predicted molar refractivity (Wildman–Crippen MR) is 87.2 cm³/mol. The molecule has 1 saturated carbocycles. The van der Waals surface area contributed by atoms with Crippen LogP contribution in [-0.4, -0.2) is 55.1 Å². The Morgan fingerprint density at radius 3 is 2.70 bits per heavy atom. The summed E-state index contributed by atoms with van der Waals surface area (Å²) in [7, 11) is 0. The van der Waals surface area contributed by atoms with Crippen molar-refractivity contribution in [3.8, 4) is 0 Å². The molecule has 1 heterocycles. The molecule has 0 spiro atoms. The van der Waals surface area contributed by atoms with Gasteiger partial charge in [0.1, 0.15) is 6.10 Å². The van der Waals surface area contributed by atoms with E-state index in [-0.39, 0.29) is 18.4 Å². The smallest absolute Gasteiger partial charge is 0.250 e. The highest BCUT2D eigenvalue weighted by molar-refractivity contribution is 5.92. The van der Waals surface area contributed by atoms with E-state index in [4.69, 9.17) is 4.74 Å². The fraction of sp³-hybridized carbons (Fsp3) is 0.529. The van der Waals surface area contributed by atoms with Gasteiger partial charge in [0.25, 0.3) is 5.91 Å². The van der Waals surface area contributed by atoms with Crippen molar-refractivity contribution in [2.75, 3.05) is 31.6 Å². The van der Waals surface area contributed by atoms with Gasteiger partial charge >= 0.3 is 0 Å². The maximum atomic E-state index is 12.1. The van der Waals surface area contributed by atoms with Crippen molar-refractivity contribution in [3.05, 3.63) is 29.8 Å². The Morgan fingerprint density at radius 1 is 1.26 bits per heavy atom. The number of carbonyl (C=O) groups is 2. The van der Waals surface area contributed by atoms with E-state index >= 15 is 0 Å². The Hall–Kier alpha value is -1.92. The van der Waals surface area contributed by atoms with Crippen LogP contribution in [0.3, 0.4) is 0 Å². The van der Waals surface area contributed by atoms with E-state index in [9.17, 15) is 9.59 Å². The number of amides is 2. The summed E-state index contributed by atoms with van der Waals surface area (Å²) >= 11 is 0. The molecule has 2 fully saturated rings. The maximum absolute atomic E-state index is 12.1. The van der Waals surface area contributed by atoms with E-state index in [1.165, 1.54) is 0 Å². The van der Waals surface area contributed by atoms with E-state index in [1.807, 2.05) is 36.1 Å². The summed E-state index contributed by atoms with van der Waals surface area (Å²) < 4.78 is 5.53. The lowest BCUT2D eigenvalue weighted by Gasteiger charge is -2.31. The first-order chi connectivity index (χ1) is 11.1. The number of anilines is 1. The average molecular weight is 317 g/mol. The molecule has 2 amide bonds. The van der Waals surface area contributed by atoms with Crippen molar-refractivity contribution in [1.82, 2.24) is 10.2 Å². The molecule has 6 nitrogen and oxygen atoms in total. The minimum atomic E-state index is -0.475. The number of hydrogen-bond acceptors (Lipinski definition) is 4. The van der Waals surface area contributed by atoms with E-state index in [0.717, 1.165) is 24.1 Å². The van der Waals surface area contributed by atoms with Crippen LogP contribution >= 0.6 is 0 Å². The van der Waals surface area contributed by atoms with Crippen molar-refractivity contribution < 1.29 is 14.3 Å². The zero-order chi connectivity index (χ0) is 16.2. The molecule has 6 heteroatoms. The van der Waals surface area contributed by atoms with Gasteiger partial charge in [-0.25, -0.2) is 0 Å². The molecule has 2 aliphatic rings. The Kier molecular flexibility index (Phi) is 4.93. The highest BCUT2D eigenvalue weighted by Gasteiger charge is 2.31. The molecule has 1 aliphatic carbocycles. The van der Waals surface area contributed by atoms with E-state index in [1.54, 1.807) is 0 Å². The monoisotopic (exact) mass is 317 g/mol. The number of benzene rings is 1. The quantitative estimate of drug-likeness (QED) is 0.847. The van der Waals surface area contributed by atoms with E-state index in [0.29, 0.717) is 25.7 Å². The Labute approximate surface area is 136 Å². The second kappa shape index (κ2) is 7.10. The summed E-state index contributed by atoms with van der Waals surface area (Å²) in [5.74, 6) is -0.131. The van der Waals surface area contributed by atoms with E-state index < -0.39 is 6.10 Å². The van der Waals surface area contributed by atoms with Gasteiger partial charge in [-0.15, -0.1) is 0 Å². The molecule has 3 rings (SSSR count). The normalized spacial score (nSPS) is 21.7. The Balaban J connectivity index is 1.47. The Bertz CT molecular complexity index is 569. The molecule has 1 atom stereocenters. The van der Waals surface area contributed by atoms with Gasteiger partial charge in [-0.2, -0.15) is 0 Å². The van der Waals surface area contributed by atoms with Gasteiger partial charge in [0.05, 0.1) is 13.2 Å². The van der Waals surface area contributed by atoms with Crippen molar-refractivity contribution >= 4 is 17.5 Å². The number of carbonyl (C=O) groups excluding carboxylic acids is 2. The second-order valence-corrected chi connectivity index (χ2v) is 6.29. The van der Waals surface area contributed by atoms with Crippen LogP contribution in [0.4, 0.5) is 5.69 Å². The highest BCUT2D eigenvalue weighted by Crippen LogP contribution is 2.19. The number of aryl methyl sites for hydroxylation is 1. The van der Waals surface area contributed by atoms with Crippen LogP contribution < -0.4 is 10.6 Å². The average Bonchev–Trinajstić information content (AvgIpc) is 3.34. The van der Waals surface area contributed by atoms with Crippen LogP contribution in [0.25, 0.3) is 0 Å². The molecule has 124 valence electrons. The third kappa shape index (κ3) is 4.77. The molecule has 23 heavy (non-hydrogen) atoms. The fourth-order valence-corrected chi connectivity index (χ4v) is 2.57. The van der Waals surface area contributed by atoms with Crippen molar-refractivity contribution in [2.45, 2.75) is 31.9 Å². The van der Waals surface area contributed by atoms with Crippen molar-refractivity contribution in [2.24, 2.45) is 0 Å². The first kappa shape index (κ1) is 16.0. The third-order valence-electron chi connectivity index (χ3n) is 4.07. The first-order valence-electron chi connectivity index (χ1n) is 8.11. The van der Waals surface area contributed by atoms with Crippen molar-refractivity contribution in [3.63, 3.8) is 0 Å². The number of rotatable bonds is 5. The van der Waals surface area contributed by atoms with Crippen LogP contribution in [0, 0.1) is 6.92 Å².